The summed E-state index contributed by atoms with van der Waals surface area (Å²) >= 11 is 0. The van der Waals surface area contributed by atoms with Gasteiger partial charge < -0.3 is 31.2 Å². The van der Waals surface area contributed by atoms with Gasteiger partial charge in [0.05, 0.1) is 0 Å². The van der Waals surface area contributed by atoms with Crippen LogP contribution in [-0.4, -0.2) is 76.7 Å². The third-order valence-electron chi connectivity index (χ3n) is 4.51. The van der Waals surface area contributed by atoms with Crippen molar-refractivity contribution in [2.24, 2.45) is 0 Å². The van der Waals surface area contributed by atoms with Gasteiger partial charge in [0.25, 0.3) is 0 Å². The normalized spacial score (nSPS) is 14.2. The second-order valence-electron chi connectivity index (χ2n) is 7.53. The lowest BCUT2D eigenvalue weighted by Gasteiger charge is -2.38. The van der Waals surface area contributed by atoms with Crippen LogP contribution < -0.4 is 4.65 Å². The summed E-state index contributed by atoms with van der Waals surface area (Å²) in [7, 11) is 1.62. The van der Waals surface area contributed by atoms with Crippen LogP contribution in [0.3, 0.4) is 0 Å². The third-order valence-corrected chi connectivity index (χ3v) is 19.1. The summed E-state index contributed by atoms with van der Waals surface area (Å²) in [5, 5.41) is 0. The molecule has 0 heterocycles. The van der Waals surface area contributed by atoms with Gasteiger partial charge in [0.1, 0.15) is 16.5 Å². The van der Waals surface area contributed by atoms with Crippen molar-refractivity contribution in [2.75, 3.05) is 42.7 Å². The van der Waals surface area contributed by atoms with Gasteiger partial charge in [-0.25, -0.2) is 0 Å². The molecule has 0 radical (unpaired) electrons. The van der Waals surface area contributed by atoms with Gasteiger partial charge in [-0.2, -0.15) is 0 Å². The molecule has 0 aromatic carbocycles. The molecule has 152 valence electrons. The van der Waals surface area contributed by atoms with E-state index < -0.39 is 34.1 Å². The molecule has 7 nitrogen and oxygen atoms in total. The molecule has 0 aliphatic heterocycles. The summed E-state index contributed by atoms with van der Waals surface area (Å²) in [6, 6.07) is 3.64. The molecule has 0 saturated heterocycles. The van der Waals surface area contributed by atoms with Crippen molar-refractivity contribution in [3.8, 4) is 0 Å². The molecule has 0 fully saturated rings. The minimum absolute atomic E-state index is 0.804. The SMILES string of the molecule is CO[Si](CC[Si](C)(CC[Si](OC)(OC)OC)N[Si](C)(C)C)(OC)OC. The van der Waals surface area contributed by atoms with Crippen LogP contribution in [0, 0.1) is 0 Å². The van der Waals surface area contributed by atoms with Gasteiger partial charge in [0.15, 0.2) is 0 Å². The Labute approximate surface area is 158 Å². The molecular weight excluding hydrogens is 390 g/mol. The summed E-state index contributed by atoms with van der Waals surface area (Å²) < 4.78 is 37.6. The van der Waals surface area contributed by atoms with E-state index in [1.54, 1.807) is 42.7 Å². The molecule has 0 amide bonds. The highest BCUT2D eigenvalue weighted by Crippen LogP contribution is 2.28. The average Bonchev–Trinajstić information content (AvgIpc) is 2.57. The van der Waals surface area contributed by atoms with E-state index in [0.717, 1.165) is 24.2 Å². The fraction of sp³-hybridized carbons (Fsp3) is 1.00. The van der Waals surface area contributed by atoms with Crippen molar-refractivity contribution in [1.82, 2.24) is 4.65 Å². The zero-order valence-electron chi connectivity index (χ0n) is 17.8. The van der Waals surface area contributed by atoms with Crippen LogP contribution in [0.1, 0.15) is 0 Å². The largest absolute Gasteiger partial charge is 0.499 e. The Balaban J connectivity index is 5.25. The Bertz CT molecular complexity index is 334. The fourth-order valence-electron chi connectivity index (χ4n) is 3.13. The lowest BCUT2D eigenvalue weighted by atomic mass is 10.9. The molecule has 25 heavy (non-hydrogen) atoms. The highest BCUT2D eigenvalue weighted by molar-refractivity contribution is 6.92. The van der Waals surface area contributed by atoms with E-state index in [2.05, 4.69) is 30.8 Å². The first-order valence-corrected chi connectivity index (χ1v) is 18.9. The molecule has 0 aliphatic carbocycles. The Morgan fingerprint density at radius 3 is 1.00 bits per heavy atom. The van der Waals surface area contributed by atoms with Gasteiger partial charge in [-0.05, 0) is 12.1 Å². The summed E-state index contributed by atoms with van der Waals surface area (Å²) in [5.74, 6) is 0. The van der Waals surface area contributed by atoms with E-state index in [1.807, 2.05) is 0 Å². The van der Waals surface area contributed by atoms with Crippen LogP contribution in [0.15, 0.2) is 0 Å². The van der Waals surface area contributed by atoms with Crippen LogP contribution in [0.2, 0.25) is 50.4 Å². The van der Waals surface area contributed by atoms with Gasteiger partial charge in [-0.1, -0.05) is 26.2 Å². The highest BCUT2D eigenvalue weighted by Gasteiger charge is 2.45. The molecule has 0 aliphatic rings. The first kappa shape index (κ1) is 25.6. The Morgan fingerprint density at radius 1 is 0.520 bits per heavy atom. The van der Waals surface area contributed by atoms with Crippen molar-refractivity contribution in [1.29, 1.82) is 0 Å². The maximum Gasteiger partial charge on any atom is 0.499 e. The minimum atomic E-state index is -2.57. The quantitative estimate of drug-likeness (QED) is 0.426. The van der Waals surface area contributed by atoms with E-state index >= 15 is 0 Å². The molecule has 0 atom stereocenters. The Hall–Kier alpha value is 0.588. The monoisotopic (exact) mass is 429 g/mol. The fourth-order valence-corrected chi connectivity index (χ4v) is 20.7. The molecule has 0 rings (SSSR count). The Morgan fingerprint density at radius 2 is 0.800 bits per heavy atom. The van der Waals surface area contributed by atoms with E-state index in [4.69, 9.17) is 26.6 Å². The number of nitrogens with one attached hydrogen (secondary N) is 1. The predicted octanol–water partition coefficient (Wildman–Crippen LogP) is 2.74. The van der Waals surface area contributed by atoms with Crippen molar-refractivity contribution in [2.45, 2.75) is 50.4 Å². The summed E-state index contributed by atoms with van der Waals surface area (Å²) in [5.41, 5.74) is 0. The first-order valence-electron chi connectivity index (χ1n) is 8.59. The lowest BCUT2D eigenvalue weighted by Crippen LogP contribution is -2.61. The van der Waals surface area contributed by atoms with Crippen molar-refractivity contribution >= 4 is 34.1 Å². The first-order chi connectivity index (χ1) is 11.5. The van der Waals surface area contributed by atoms with E-state index in [9.17, 15) is 0 Å². The molecule has 0 saturated carbocycles. The molecule has 0 unspecified atom stereocenters. The summed E-state index contributed by atoms with van der Waals surface area (Å²) in [6.07, 6.45) is 0. The van der Waals surface area contributed by atoms with Crippen LogP contribution in [0.5, 0.6) is 0 Å². The maximum atomic E-state index is 5.61. The molecule has 1 N–H and O–H groups in total. The molecule has 0 bridgehead atoms. The molecule has 0 aromatic rings. The summed E-state index contributed by atoms with van der Waals surface area (Å²) in [4.78, 5) is 0. The number of hydrogen-bond acceptors (Lipinski definition) is 7. The van der Waals surface area contributed by atoms with Gasteiger partial charge in [-0.3, -0.25) is 0 Å². The van der Waals surface area contributed by atoms with Gasteiger partial charge in [-0.15, -0.1) is 0 Å². The highest BCUT2D eigenvalue weighted by atomic mass is 28.4. The van der Waals surface area contributed by atoms with E-state index in [1.165, 1.54) is 0 Å². The molecular formula is C14H39NO6Si4. The topological polar surface area (TPSA) is 67.4 Å². The van der Waals surface area contributed by atoms with Gasteiger partial charge in [0.2, 0.25) is 0 Å². The van der Waals surface area contributed by atoms with Crippen molar-refractivity contribution in [3.63, 3.8) is 0 Å². The van der Waals surface area contributed by atoms with Crippen LogP contribution in [-0.2, 0) is 26.6 Å². The van der Waals surface area contributed by atoms with Crippen molar-refractivity contribution < 1.29 is 26.6 Å². The predicted molar refractivity (Wildman–Crippen MR) is 111 cm³/mol. The molecule has 0 aromatic heterocycles. The standard InChI is InChI=1S/C14H39NO6Si4/c1-16-24(17-2,18-3)13-11-23(10,15-22(7,8)9)12-14-25(19-4,20-5)21-6/h15H,11-14H2,1-10H3. The van der Waals surface area contributed by atoms with Gasteiger partial charge in [0, 0.05) is 54.7 Å². The second kappa shape index (κ2) is 10.8. The second-order valence-corrected chi connectivity index (χ2v) is 23.3. The molecule has 11 heteroatoms. The minimum Gasteiger partial charge on any atom is -0.377 e. The lowest BCUT2D eigenvalue weighted by molar-refractivity contribution is 0.125. The van der Waals surface area contributed by atoms with Gasteiger partial charge >= 0.3 is 17.6 Å². The maximum absolute atomic E-state index is 5.61. The van der Waals surface area contributed by atoms with E-state index in [0.29, 0.717) is 0 Å². The zero-order valence-corrected chi connectivity index (χ0v) is 21.8. The third kappa shape index (κ3) is 8.42. The van der Waals surface area contributed by atoms with Crippen molar-refractivity contribution in [3.05, 3.63) is 0 Å². The van der Waals surface area contributed by atoms with Crippen LogP contribution in [0.4, 0.5) is 0 Å². The average molecular weight is 430 g/mol. The molecule has 0 spiro atoms. The number of hydrogen-bond donors (Lipinski definition) is 1. The summed E-state index contributed by atoms with van der Waals surface area (Å²) in [6.45, 7) is 9.38. The number of rotatable bonds is 14. The van der Waals surface area contributed by atoms with Crippen LogP contribution in [0.25, 0.3) is 0 Å². The smallest absolute Gasteiger partial charge is 0.377 e. The van der Waals surface area contributed by atoms with Crippen LogP contribution >= 0.6 is 0 Å². The zero-order chi connectivity index (χ0) is 19.8. The Kier molecular flexibility index (Phi) is 11.1. The van der Waals surface area contributed by atoms with E-state index in [-0.39, 0.29) is 0 Å².